The maximum atomic E-state index is 13.4. The maximum absolute atomic E-state index is 13.4. The lowest BCUT2D eigenvalue weighted by molar-refractivity contribution is -0.119. The van der Waals surface area contributed by atoms with E-state index < -0.39 is 0 Å². The predicted octanol–water partition coefficient (Wildman–Crippen LogP) is 5.07. The molecule has 10 heteroatoms. The highest BCUT2D eigenvalue weighted by atomic mass is 35.5. The number of hydrogen-bond acceptors (Lipinski definition) is 7. The Labute approximate surface area is 224 Å². The van der Waals surface area contributed by atoms with Crippen molar-refractivity contribution in [3.05, 3.63) is 83.4 Å². The van der Waals surface area contributed by atoms with Gasteiger partial charge in [-0.3, -0.25) is 9.69 Å². The van der Waals surface area contributed by atoms with Crippen LogP contribution in [0.1, 0.15) is 18.4 Å². The number of halogens is 2. The summed E-state index contributed by atoms with van der Waals surface area (Å²) in [7, 11) is 0. The molecule has 1 aromatic heterocycles. The van der Waals surface area contributed by atoms with E-state index in [0.29, 0.717) is 33.6 Å². The van der Waals surface area contributed by atoms with Gasteiger partial charge in [-0.05, 0) is 60.9 Å². The van der Waals surface area contributed by atoms with Crippen LogP contribution in [0, 0.1) is 5.82 Å². The van der Waals surface area contributed by atoms with Crippen molar-refractivity contribution in [1.29, 1.82) is 0 Å². The van der Waals surface area contributed by atoms with Gasteiger partial charge in [0.15, 0.2) is 0 Å². The molecule has 8 nitrogen and oxygen atoms in total. The number of likely N-dealkylation sites (tertiary alicyclic amines) is 1. The van der Waals surface area contributed by atoms with Gasteiger partial charge in [0, 0.05) is 18.8 Å². The second-order valence-corrected chi connectivity index (χ2v) is 9.53. The van der Waals surface area contributed by atoms with E-state index in [-0.39, 0.29) is 31.0 Å². The van der Waals surface area contributed by atoms with Crippen LogP contribution < -0.4 is 20.5 Å². The van der Waals surface area contributed by atoms with E-state index in [1.807, 2.05) is 29.2 Å². The molecule has 1 aliphatic heterocycles. The number of rotatable bonds is 9. The van der Waals surface area contributed by atoms with E-state index in [0.717, 1.165) is 36.8 Å². The van der Waals surface area contributed by atoms with Gasteiger partial charge < -0.3 is 20.5 Å². The second-order valence-electron chi connectivity index (χ2n) is 9.12. The third-order valence-electron chi connectivity index (χ3n) is 6.31. The van der Waals surface area contributed by atoms with Gasteiger partial charge >= 0.3 is 0 Å². The van der Waals surface area contributed by atoms with Crippen molar-refractivity contribution in [3.63, 3.8) is 0 Å². The molecule has 3 N–H and O–H groups in total. The number of primary amides is 1. The average Bonchev–Trinajstić information content (AvgIpc) is 2.89. The number of fused-ring (bicyclic) bond motifs is 1. The second kappa shape index (κ2) is 11.6. The molecule has 0 aliphatic carbocycles. The van der Waals surface area contributed by atoms with Gasteiger partial charge in [-0.1, -0.05) is 29.8 Å². The minimum Gasteiger partial charge on any atom is -0.489 e. The van der Waals surface area contributed by atoms with Crippen LogP contribution in [-0.2, 0) is 11.4 Å². The third-order valence-corrected chi connectivity index (χ3v) is 6.61. The molecule has 0 unspecified atom stereocenters. The normalized spacial score (nSPS) is 14.4. The summed E-state index contributed by atoms with van der Waals surface area (Å²) >= 11 is 6.49. The van der Waals surface area contributed by atoms with Gasteiger partial charge in [0.25, 0.3) is 0 Å². The number of aromatic nitrogens is 2. The van der Waals surface area contributed by atoms with Crippen LogP contribution >= 0.6 is 11.6 Å². The smallest absolute Gasteiger partial charge is 0.231 e. The zero-order valence-corrected chi connectivity index (χ0v) is 21.3. The molecule has 4 aromatic rings. The monoisotopic (exact) mass is 535 g/mol. The summed E-state index contributed by atoms with van der Waals surface area (Å²) in [5.74, 6) is 1.12. The van der Waals surface area contributed by atoms with E-state index in [2.05, 4.69) is 15.3 Å². The highest BCUT2D eigenvalue weighted by molar-refractivity contribution is 6.32. The van der Waals surface area contributed by atoms with Crippen molar-refractivity contribution in [2.75, 3.05) is 25.0 Å². The summed E-state index contributed by atoms with van der Waals surface area (Å²) in [6, 6.07) is 17.3. The van der Waals surface area contributed by atoms with Crippen molar-refractivity contribution in [2.45, 2.75) is 25.6 Å². The molecule has 0 radical (unpaired) electrons. The zero-order valence-electron chi connectivity index (χ0n) is 20.6. The fraction of sp³-hybridized carbons (Fsp3) is 0.250. The Balaban J connectivity index is 1.30. The van der Waals surface area contributed by atoms with Crippen LogP contribution in [0.25, 0.3) is 10.9 Å². The number of nitrogens with zero attached hydrogens (tertiary/aromatic N) is 3. The van der Waals surface area contributed by atoms with E-state index in [4.69, 9.17) is 26.8 Å². The van der Waals surface area contributed by atoms with Gasteiger partial charge in [-0.25, -0.2) is 14.4 Å². The van der Waals surface area contributed by atoms with Crippen LogP contribution in [0.3, 0.4) is 0 Å². The van der Waals surface area contributed by atoms with Crippen LogP contribution in [0.15, 0.2) is 67.0 Å². The Morgan fingerprint density at radius 3 is 2.66 bits per heavy atom. The first-order valence-corrected chi connectivity index (χ1v) is 12.7. The summed E-state index contributed by atoms with van der Waals surface area (Å²) in [5, 5.41) is 4.49. The molecule has 1 amide bonds. The summed E-state index contributed by atoms with van der Waals surface area (Å²) in [6.45, 7) is 1.95. The van der Waals surface area contributed by atoms with Gasteiger partial charge in [0.05, 0.1) is 22.5 Å². The van der Waals surface area contributed by atoms with Crippen molar-refractivity contribution in [3.8, 4) is 11.5 Å². The van der Waals surface area contributed by atoms with Crippen LogP contribution in [0.2, 0.25) is 5.02 Å². The van der Waals surface area contributed by atoms with Crippen LogP contribution in [0.5, 0.6) is 11.5 Å². The summed E-state index contributed by atoms with van der Waals surface area (Å²) in [5.41, 5.74) is 7.49. The molecule has 1 saturated heterocycles. The number of ether oxygens (including phenoxy) is 2. The summed E-state index contributed by atoms with van der Waals surface area (Å²) < 4.78 is 25.6. The molecular formula is C28H27ClFN5O3. The van der Waals surface area contributed by atoms with E-state index in [1.54, 1.807) is 24.3 Å². The molecule has 3 aromatic carbocycles. The van der Waals surface area contributed by atoms with Crippen molar-refractivity contribution in [1.82, 2.24) is 14.9 Å². The largest absolute Gasteiger partial charge is 0.489 e. The lowest BCUT2D eigenvalue weighted by Crippen LogP contribution is -2.42. The van der Waals surface area contributed by atoms with E-state index >= 15 is 0 Å². The minimum absolute atomic E-state index is 0.00162. The number of carbonyl (C=O) groups is 1. The average molecular weight is 536 g/mol. The van der Waals surface area contributed by atoms with Gasteiger partial charge in [-0.15, -0.1) is 0 Å². The topological polar surface area (TPSA) is 103 Å². The molecule has 196 valence electrons. The molecule has 1 aliphatic rings. The Morgan fingerprint density at radius 1 is 1.08 bits per heavy atom. The molecule has 5 rings (SSSR count). The number of piperidine rings is 1. The standard InChI is InChI=1S/C28H27ClFN5O3/c29-22-14-20(7-8-24(22)37-16-18-3-1-4-19(30)13-18)34-28-27-23(32-17-33-28)5-2-6-25(27)38-21-9-11-35(12-10-21)15-26(31)36/h1-8,13-14,17,21H,9-12,15-16H2,(H2,31,36)(H,32,33,34). The zero-order chi connectivity index (χ0) is 26.5. The number of anilines is 2. The SMILES string of the molecule is NC(=O)CN1CCC(Oc2cccc3ncnc(Nc4ccc(OCc5cccc(F)c5)c(Cl)c4)c23)CC1. The number of hydrogen-bond donors (Lipinski definition) is 2. The number of nitrogens with two attached hydrogens (primary N) is 1. The molecule has 2 heterocycles. The Kier molecular flexibility index (Phi) is 7.86. The molecular weight excluding hydrogens is 509 g/mol. The highest BCUT2D eigenvalue weighted by Gasteiger charge is 2.23. The Morgan fingerprint density at radius 2 is 1.89 bits per heavy atom. The lowest BCUT2D eigenvalue weighted by atomic mass is 10.1. The molecule has 1 fully saturated rings. The number of nitrogens with one attached hydrogen (secondary N) is 1. The van der Waals surface area contributed by atoms with Crippen molar-refractivity contribution in [2.24, 2.45) is 5.73 Å². The number of carbonyl (C=O) groups excluding carboxylic acids is 1. The Hall–Kier alpha value is -3.95. The van der Waals surface area contributed by atoms with Gasteiger partial charge in [-0.2, -0.15) is 0 Å². The van der Waals surface area contributed by atoms with Gasteiger partial charge in [0.2, 0.25) is 5.91 Å². The molecule has 0 saturated carbocycles. The van der Waals surface area contributed by atoms with Crippen molar-refractivity contribution < 1.29 is 18.7 Å². The first-order valence-electron chi connectivity index (χ1n) is 12.3. The molecule has 0 spiro atoms. The van der Waals surface area contributed by atoms with Crippen LogP contribution in [0.4, 0.5) is 15.9 Å². The van der Waals surface area contributed by atoms with Crippen molar-refractivity contribution >= 4 is 39.9 Å². The molecule has 0 atom stereocenters. The molecule has 38 heavy (non-hydrogen) atoms. The van der Waals surface area contributed by atoms with Crippen LogP contribution in [-0.4, -0.2) is 46.5 Å². The highest BCUT2D eigenvalue weighted by Crippen LogP contribution is 2.35. The number of benzene rings is 3. The first kappa shape index (κ1) is 25.7. The molecule has 0 bridgehead atoms. The summed E-state index contributed by atoms with van der Waals surface area (Å²) in [4.78, 5) is 22.1. The number of amides is 1. The first-order chi connectivity index (χ1) is 18.4. The van der Waals surface area contributed by atoms with E-state index in [1.165, 1.54) is 18.5 Å². The fourth-order valence-electron chi connectivity index (χ4n) is 4.48. The quantitative estimate of drug-likeness (QED) is 0.308. The van der Waals surface area contributed by atoms with E-state index in [9.17, 15) is 9.18 Å². The predicted molar refractivity (Wildman–Crippen MR) is 144 cm³/mol. The Bertz CT molecular complexity index is 1440. The van der Waals surface area contributed by atoms with Gasteiger partial charge in [0.1, 0.15) is 42.2 Å². The third kappa shape index (κ3) is 6.30. The minimum atomic E-state index is -0.322. The lowest BCUT2D eigenvalue weighted by Gasteiger charge is -2.31. The fourth-order valence-corrected chi connectivity index (χ4v) is 4.71. The summed E-state index contributed by atoms with van der Waals surface area (Å²) in [6.07, 6.45) is 3.07. The maximum Gasteiger partial charge on any atom is 0.231 e.